The molecule has 3 aromatic rings. The monoisotopic (exact) mass is 296 g/mol. The van der Waals surface area contributed by atoms with Gasteiger partial charge in [-0.3, -0.25) is 0 Å². The van der Waals surface area contributed by atoms with Gasteiger partial charge in [-0.25, -0.2) is 4.98 Å². The summed E-state index contributed by atoms with van der Waals surface area (Å²) in [6.07, 6.45) is 0.960. The zero-order chi connectivity index (χ0) is 14.2. The van der Waals surface area contributed by atoms with Crippen LogP contribution in [0, 0.1) is 0 Å². The van der Waals surface area contributed by atoms with Crippen molar-refractivity contribution in [3.63, 3.8) is 0 Å². The molecule has 0 unspecified atom stereocenters. The molecular weight excluding hydrogens is 284 g/mol. The van der Waals surface area contributed by atoms with E-state index in [1.807, 2.05) is 42.5 Å². The summed E-state index contributed by atoms with van der Waals surface area (Å²) in [6.45, 7) is 0.766. The maximum absolute atomic E-state index is 6.20. The highest BCUT2D eigenvalue weighted by Gasteiger charge is 2.12. The Balaban J connectivity index is 1.69. The van der Waals surface area contributed by atoms with E-state index in [2.05, 4.69) is 16.4 Å². The fraction of sp³-hybridized carbons (Fsp3) is 0.118. The van der Waals surface area contributed by atoms with E-state index in [0.29, 0.717) is 5.02 Å². The molecule has 0 atom stereocenters. The van der Waals surface area contributed by atoms with Gasteiger partial charge in [0, 0.05) is 17.5 Å². The number of para-hydroxylation sites is 1. The molecule has 1 aromatic heterocycles. The SMILES string of the molecule is Clc1cccc2ccc(Nc3ccc4c(c3)CCO4)nc12. The standard InChI is InChI=1S/C17H13ClN2O/c18-14-3-1-2-11-4-7-16(20-17(11)14)19-13-5-6-15-12(10-13)8-9-21-15/h1-7,10H,8-9H2,(H,19,20). The van der Waals surface area contributed by atoms with Crippen molar-refractivity contribution in [2.75, 3.05) is 11.9 Å². The summed E-state index contributed by atoms with van der Waals surface area (Å²) in [5.41, 5.74) is 3.06. The number of rotatable bonds is 2. The highest BCUT2D eigenvalue weighted by atomic mass is 35.5. The van der Waals surface area contributed by atoms with Gasteiger partial charge in [0.25, 0.3) is 0 Å². The Morgan fingerprint density at radius 2 is 2.05 bits per heavy atom. The molecule has 0 saturated carbocycles. The van der Waals surface area contributed by atoms with Crippen LogP contribution in [-0.2, 0) is 6.42 Å². The van der Waals surface area contributed by atoms with Gasteiger partial charge in [0.1, 0.15) is 11.6 Å². The van der Waals surface area contributed by atoms with Gasteiger partial charge in [-0.2, -0.15) is 0 Å². The Kier molecular flexibility index (Phi) is 2.93. The first-order valence-electron chi connectivity index (χ1n) is 6.88. The number of halogens is 1. The Morgan fingerprint density at radius 1 is 1.10 bits per heavy atom. The first kappa shape index (κ1) is 12.5. The van der Waals surface area contributed by atoms with E-state index in [0.717, 1.165) is 41.2 Å². The summed E-state index contributed by atoms with van der Waals surface area (Å²) >= 11 is 6.20. The smallest absolute Gasteiger partial charge is 0.131 e. The lowest BCUT2D eigenvalue weighted by Crippen LogP contribution is -1.94. The second-order valence-electron chi connectivity index (χ2n) is 5.05. The van der Waals surface area contributed by atoms with E-state index >= 15 is 0 Å². The second-order valence-corrected chi connectivity index (χ2v) is 5.46. The Hall–Kier alpha value is -2.26. The van der Waals surface area contributed by atoms with Crippen molar-refractivity contribution in [1.82, 2.24) is 4.98 Å². The third-order valence-corrected chi connectivity index (χ3v) is 3.94. The van der Waals surface area contributed by atoms with Crippen molar-refractivity contribution in [3.05, 3.63) is 59.1 Å². The number of nitrogens with zero attached hydrogens (tertiary/aromatic N) is 1. The van der Waals surface area contributed by atoms with E-state index < -0.39 is 0 Å². The first-order chi connectivity index (χ1) is 10.3. The van der Waals surface area contributed by atoms with Crippen molar-refractivity contribution in [1.29, 1.82) is 0 Å². The molecular formula is C17H13ClN2O. The Morgan fingerprint density at radius 3 is 3.00 bits per heavy atom. The number of benzene rings is 2. The van der Waals surface area contributed by atoms with Crippen molar-refractivity contribution < 1.29 is 4.74 Å². The second kappa shape index (κ2) is 4.93. The summed E-state index contributed by atoms with van der Waals surface area (Å²) in [5.74, 6) is 1.77. The van der Waals surface area contributed by atoms with Crippen LogP contribution >= 0.6 is 11.6 Å². The predicted molar refractivity (Wildman–Crippen MR) is 85.7 cm³/mol. The molecule has 21 heavy (non-hydrogen) atoms. The number of anilines is 2. The molecule has 0 amide bonds. The fourth-order valence-electron chi connectivity index (χ4n) is 2.59. The number of hydrogen-bond donors (Lipinski definition) is 1. The van der Waals surface area contributed by atoms with Gasteiger partial charge in [-0.05, 0) is 42.0 Å². The molecule has 1 aliphatic rings. The number of pyridine rings is 1. The van der Waals surface area contributed by atoms with Crippen LogP contribution in [0.4, 0.5) is 11.5 Å². The number of aromatic nitrogens is 1. The lowest BCUT2D eigenvalue weighted by atomic mass is 10.1. The van der Waals surface area contributed by atoms with Crippen LogP contribution in [0.1, 0.15) is 5.56 Å². The maximum atomic E-state index is 6.20. The zero-order valence-corrected chi connectivity index (χ0v) is 12.0. The number of nitrogens with one attached hydrogen (secondary N) is 1. The minimum absolute atomic E-state index is 0.665. The van der Waals surface area contributed by atoms with Crippen LogP contribution in [0.3, 0.4) is 0 Å². The zero-order valence-electron chi connectivity index (χ0n) is 11.3. The van der Waals surface area contributed by atoms with Crippen LogP contribution in [0.15, 0.2) is 48.5 Å². The molecule has 0 aliphatic carbocycles. The summed E-state index contributed by atoms with van der Waals surface area (Å²) in [5, 5.41) is 5.03. The Bertz CT molecular complexity index is 832. The highest BCUT2D eigenvalue weighted by Crippen LogP contribution is 2.30. The summed E-state index contributed by atoms with van der Waals surface area (Å²) in [4.78, 5) is 4.59. The van der Waals surface area contributed by atoms with E-state index in [-0.39, 0.29) is 0 Å². The van der Waals surface area contributed by atoms with E-state index in [1.54, 1.807) is 0 Å². The molecule has 3 nitrogen and oxygen atoms in total. The molecule has 104 valence electrons. The van der Waals surface area contributed by atoms with Crippen LogP contribution in [0.5, 0.6) is 5.75 Å². The molecule has 4 heteroatoms. The fourth-order valence-corrected chi connectivity index (χ4v) is 2.82. The van der Waals surface area contributed by atoms with Crippen LogP contribution in [-0.4, -0.2) is 11.6 Å². The normalized spacial score (nSPS) is 13.0. The molecule has 1 N–H and O–H groups in total. The van der Waals surface area contributed by atoms with Gasteiger partial charge < -0.3 is 10.1 Å². The average Bonchev–Trinajstić information content (AvgIpc) is 2.96. The van der Waals surface area contributed by atoms with Gasteiger partial charge in [0.05, 0.1) is 17.1 Å². The summed E-state index contributed by atoms with van der Waals surface area (Å²) in [7, 11) is 0. The van der Waals surface area contributed by atoms with Crippen molar-refractivity contribution >= 4 is 34.0 Å². The molecule has 0 saturated heterocycles. The lowest BCUT2D eigenvalue weighted by Gasteiger charge is -2.08. The third-order valence-electron chi connectivity index (χ3n) is 3.63. The summed E-state index contributed by atoms with van der Waals surface area (Å²) < 4.78 is 5.52. The summed E-state index contributed by atoms with van der Waals surface area (Å²) in [6, 6.07) is 15.9. The third kappa shape index (κ3) is 2.30. The van der Waals surface area contributed by atoms with Crippen LogP contribution < -0.4 is 10.1 Å². The molecule has 2 heterocycles. The van der Waals surface area contributed by atoms with E-state index in [9.17, 15) is 0 Å². The van der Waals surface area contributed by atoms with Gasteiger partial charge in [-0.15, -0.1) is 0 Å². The van der Waals surface area contributed by atoms with Crippen molar-refractivity contribution in [3.8, 4) is 5.75 Å². The lowest BCUT2D eigenvalue weighted by molar-refractivity contribution is 0.357. The highest BCUT2D eigenvalue weighted by molar-refractivity contribution is 6.35. The molecule has 0 radical (unpaired) electrons. The van der Waals surface area contributed by atoms with Gasteiger partial charge in [0.2, 0.25) is 0 Å². The van der Waals surface area contributed by atoms with E-state index in [1.165, 1.54) is 5.56 Å². The minimum Gasteiger partial charge on any atom is -0.493 e. The maximum Gasteiger partial charge on any atom is 0.131 e. The van der Waals surface area contributed by atoms with E-state index in [4.69, 9.17) is 16.3 Å². The Labute approximate surface area is 127 Å². The minimum atomic E-state index is 0.665. The van der Waals surface area contributed by atoms with Crippen molar-refractivity contribution in [2.45, 2.75) is 6.42 Å². The first-order valence-corrected chi connectivity index (χ1v) is 7.25. The van der Waals surface area contributed by atoms with Gasteiger partial charge >= 0.3 is 0 Å². The largest absolute Gasteiger partial charge is 0.493 e. The number of fused-ring (bicyclic) bond motifs is 2. The molecule has 0 fully saturated rings. The van der Waals surface area contributed by atoms with Gasteiger partial charge in [0.15, 0.2) is 0 Å². The van der Waals surface area contributed by atoms with Crippen LogP contribution in [0.25, 0.3) is 10.9 Å². The van der Waals surface area contributed by atoms with Gasteiger partial charge in [-0.1, -0.05) is 23.7 Å². The topological polar surface area (TPSA) is 34.1 Å². The number of hydrogen-bond acceptors (Lipinski definition) is 3. The molecule has 1 aliphatic heterocycles. The average molecular weight is 297 g/mol. The molecule has 4 rings (SSSR count). The predicted octanol–water partition coefficient (Wildman–Crippen LogP) is 4.57. The molecule has 0 bridgehead atoms. The quantitative estimate of drug-likeness (QED) is 0.752. The van der Waals surface area contributed by atoms with Crippen LogP contribution in [0.2, 0.25) is 5.02 Å². The number of ether oxygens (including phenoxy) is 1. The molecule has 0 spiro atoms. The molecule has 2 aromatic carbocycles. The van der Waals surface area contributed by atoms with Crippen molar-refractivity contribution in [2.24, 2.45) is 0 Å².